The molecule has 29 heavy (non-hydrogen) atoms. The molecular formula is C26H38Cl2Zr. The largest absolute Gasteiger partial charge is 1.00 e. The number of hydrogen-bond donors (Lipinski definition) is 0. The molecule has 0 aromatic carbocycles. The van der Waals surface area contributed by atoms with Crippen LogP contribution in [0.2, 0.25) is 7.25 Å². The van der Waals surface area contributed by atoms with Gasteiger partial charge in [0.15, 0.2) is 0 Å². The molecular weight excluding hydrogens is 474 g/mol. The van der Waals surface area contributed by atoms with Gasteiger partial charge in [0.05, 0.1) is 0 Å². The molecule has 160 valence electrons. The zero-order valence-corrected chi connectivity index (χ0v) is 22.1. The molecule has 2 fully saturated rings. The van der Waals surface area contributed by atoms with Crippen molar-refractivity contribution in [3.05, 3.63) is 48.6 Å². The molecule has 2 saturated carbocycles. The first-order valence-electron chi connectivity index (χ1n) is 11.8. The van der Waals surface area contributed by atoms with Crippen LogP contribution in [-0.4, -0.2) is 0 Å². The van der Waals surface area contributed by atoms with E-state index in [-0.39, 0.29) is 24.8 Å². The molecule has 3 heteroatoms. The van der Waals surface area contributed by atoms with E-state index in [2.05, 4.69) is 62.5 Å². The SMILES string of the molecule is CCCCC1CC2C=CC=CC2[CH]1[Zr+2][CH]1C(CCCC)CC2C=CC=CC21.[Cl-].[Cl-]. The molecule has 0 spiro atoms. The van der Waals surface area contributed by atoms with Crippen molar-refractivity contribution in [3.63, 3.8) is 0 Å². The van der Waals surface area contributed by atoms with Gasteiger partial charge in [0, 0.05) is 0 Å². The zero-order valence-electron chi connectivity index (χ0n) is 18.2. The fourth-order valence-electron chi connectivity index (χ4n) is 6.45. The second-order valence-corrected chi connectivity index (χ2v) is 13.6. The fourth-order valence-corrected chi connectivity index (χ4v) is 13.2. The Morgan fingerprint density at radius 3 is 1.48 bits per heavy atom. The van der Waals surface area contributed by atoms with Crippen LogP contribution in [0.25, 0.3) is 0 Å². The van der Waals surface area contributed by atoms with E-state index in [4.69, 9.17) is 0 Å². The summed E-state index contributed by atoms with van der Waals surface area (Å²) < 4.78 is 2.19. The van der Waals surface area contributed by atoms with Gasteiger partial charge in [-0.3, -0.25) is 0 Å². The molecule has 0 amide bonds. The molecule has 0 radical (unpaired) electrons. The molecule has 0 saturated heterocycles. The Labute approximate surface area is 203 Å². The van der Waals surface area contributed by atoms with Crippen molar-refractivity contribution in [2.75, 3.05) is 0 Å². The van der Waals surface area contributed by atoms with Crippen molar-refractivity contribution < 1.29 is 48.0 Å². The van der Waals surface area contributed by atoms with Gasteiger partial charge in [0.1, 0.15) is 0 Å². The van der Waals surface area contributed by atoms with Crippen molar-refractivity contribution in [1.82, 2.24) is 0 Å². The van der Waals surface area contributed by atoms with Crippen LogP contribution in [-0.2, 0) is 23.2 Å². The van der Waals surface area contributed by atoms with Crippen LogP contribution in [0.4, 0.5) is 0 Å². The molecule has 4 rings (SSSR count). The molecule has 0 bridgehead atoms. The first kappa shape index (κ1) is 25.7. The number of hydrogen-bond acceptors (Lipinski definition) is 0. The van der Waals surface area contributed by atoms with Gasteiger partial charge in [-0.05, 0) is 0 Å². The molecule has 0 nitrogen and oxygen atoms in total. The minimum absolute atomic E-state index is 0. The Balaban J connectivity index is 0.00000150. The maximum atomic E-state index is 2.62. The van der Waals surface area contributed by atoms with E-state index in [1.54, 1.807) is 0 Å². The van der Waals surface area contributed by atoms with Gasteiger partial charge < -0.3 is 24.8 Å². The molecule has 0 aromatic heterocycles. The van der Waals surface area contributed by atoms with Crippen LogP contribution in [0, 0.1) is 35.5 Å². The molecule has 4 aliphatic rings. The Hall–Kier alpha value is 0.423. The van der Waals surface area contributed by atoms with Crippen molar-refractivity contribution in [2.24, 2.45) is 35.5 Å². The maximum absolute atomic E-state index is 2.62. The zero-order chi connectivity index (χ0) is 18.6. The van der Waals surface area contributed by atoms with Gasteiger partial charge in [-0.25, -0.2) is 0 Å². The summed E-state index contributed by atoms with van der Waals surface area (Å²) in [6.07, 6.45) is 31.4. The van der Waals surface area contributed by atoms with Crippen LogP contribution in [0.5, 0.6) is 0 Å². The van der Waals surface area contributed by atoms with E-state index in [1.165, 1.54) is 51.4 Å². The monoisotopic (exact) mass is 510 g/mol. The first-order valence-corrected chi connectivity index (χ1v) is 14.6. The normalized spacial score (nSPS) is 38.7. The van der Waals surface area contributed by atoms with Crippen molar-refractivity contribution in [3.8, 4) is 0 Å². The Morgan fingerprint density at radius 2 is 1.07 bits per heavy atom. The average molecular weight is 513 g/mol. The average Bonchev–Trinajstić information content (AvgIpc) is 3.23. The second-order valence-electron chi connectivity index (χ2n) is 9.52. The molecule has 0 N–H and O–H groups in total. The Bertz CT molecular complexity index is 556. The predicted molar refractivity (Wildman–Crippen MR) is 113 cm³/mol. The molecule has 8 atom stereocenters. The molecule has 0 aliphatic heterocycles. The summed E-state index contributed by atoms with van der Waals surface area (Å²) >= 11 is -0.441. The third kappa shape index (κ3) is 5.81. The van der Waals surface area contributed by atoms with Crippen LogP contribution in [0.15, 0.2) is 48.6 Å². The van der Waals surface area contributed by atoms with Crippen LogP contribution >= 0.6 is 0 Å². The van der Waals surface area contributed by atoms with E-state index >= 15 is 0 Å². The summed E-state index contributed by atoms with van der Waals surface area (Å²) in [6.45, 7) is 4.75. The third-order valence-corrected chi connectivity index (χ3v) is 13.9. The first-order chi connectivity index (χ1) is 13.3. The van der Waals surface area contributed by atoms with E-state index in [9.17, 15) is 0 Å². The van der Waals surface area contributed by atoms with Gasteiger partial charge in [0.2, 0.25) is 0 Å². The predicted octanol–water partition coefficient (Wildman–Crippen LogP) is 1.79. The van der Waals surface area contributed by atoms with E-state index in [0.717, 1.165) is 42.8 Å². The van der Waals surface area contributed by atoms with Gasteiger partial charge in [0.25, 0.3) is 0 Å². The van der Waals surface area contributed by atoms with Crippen LogP contribution in [0.3, 0.4) is 0 Å². The molecule has 0 heterocycles. The number of fused-ring (bicyclic) bond motifs is 2. The summed E-state index contributed by atoms with van der Waals surface area (Å²) in [5.41, 5.74) is 0. The summed E-state index contributed by atoms with van der Waals surface area (Å²) in [5.74, 6) is 5.61. The van der Waals surface area contributed by atoms with E-state index < -0.39 is 23.2 Å². The van der Waals surface area contributed by atoms with Crippen molar-refractivity contribution in [1.29, 1.82) is 0 Å². The van der Waals surface area contributed by atoms with E-state index in [0.29, 0.717) is 0 Å². The third-order valence-electron chi connectivity index (χ3n) is 7.83. The topological polar surface area (TPSA) is 0 Å². The standard InChI is InChI=1S/2C13H19.2ClH.Zr/c2*1-2-3-6-11-9-12-7-4-5-8-13(12)10-11;;;/h2*4-5,7-9,11-13H,2-3,6,10H2,1H3;2*1H;/q;;;;+2/p-2. The number of allylic oxidation sites excluding steroid dienone is 8. The maximum Gasteiger partial charge on any atom is -1.00 e. The molecule has 0 aromatic rings. The minimum atomic E-state index is -0.441. The molecule has 4 aliphatic carbocycles. The van der Waals surface area contributed by atoms with Gasteiger partial charge in [-0.1, -0.05) is 0 Å². The Morgan fingerprint density at radius 1 is 0.655 bits per heavy atom. The second kappa shape index (κ2) is 12.5. The fraction of sp³-hybridized carbons (Fsp3) is 0.692. The van der Waals surface area contributed by atoms with E-state index in [1.807, 2.05) is 0 Å². The number of rotatable bonds is 8. The summed E-state index contributed by atoms with van der Waals surface area (Å²) in [5, 5.41) is 0. The van der Waals surface area contributed by atoms with Gasteiger partial charge in [-0.15, -0.1) is 0 Å². The quantitative estimate of drug-likeness (QED) is 0.465. The van der Waals surface area contributed by atoms with Crippen LogP contribution < -0.4 is 24.8 Å². The summed E-state index contributed by atoms with van der Waals surface area (Å²) in [6, 6.07) is 0. The molecule has 8 unspecified atom stereocenters. The van der Waals surface area contributed by atoms with Crippen molar-refractivity contribution >= 4 is 0 Å². The summed E-state index contributed by atoms with van der Waals surface area (Å²) in [4.78, 5) is 0. The minimum Gasteiger partial charge on any atom is -1.00 e. The Kier molecular flexibility index (Phi) is 11.0. The smallest absolute Gasteiger partial charge is 1.00 e. The summed E-state index contributed by atoms with van der Waals surface area (Å²) in [7, 11) is 0. The van der Waals surface area contributed by atoms with Gasteiger partial charge >= 0.3 is 180 Å². The number of halogens is 2. The number of unbranched alkanes of at least 4 members (excludes halogenated alkanes) is 2. The van der Waals surface area contributed by atoms with Crippen LogP contribution in [0.1, 0.15) is 65.2 Å². The van der Waals surface area contributed by atoms with Gasteiger partial charge in [-0.2, -0.15) is 0 Å². The van der Waals surface area contributed by atoms with Crippen molar-refractivity contribution in [2.45, 2.75) is 72.5 Å².